The van der Waals surface area contributed by atoms with Gasteiger partial charge in [-0.1, -0.05) is 36.4 Å². The number of nitrogens with zero attached hydrogens (tertiary/aromatic N) is 2. The largest absolute Gasteiger partial charge is 0.488 e. The van der Waals surface area contributed by atoms with Crippen LogP contribution in [0.2, 0.25) is 0 Å². The number of nitro benzene ring substituents is 1. The first-order valence-corrected chi connectivity index (χ1v) is 11.1. The van der Waals surface area contributed by atoms with Gasteiger partial charge in [-0.3, -0.25) is 14.9 Å². The molecule has 0 aromatic heterocycles. The molecule has 0 radical (unpaired) electrons. The van der Waals surface area contributed by atoms with Gasteiger partial charge in [-0.2, -0.15) is 5.26 Å². The summed E-state index contributed by atoms with van der Waals surface area (Å²) in [5.74, 6) is 0.189. The van der Waals surface area contributed by atoms with E-state index in [0.29, 0.717) is 11.3 Å². The average Bonchev–Trinajstić information content (AvgIpc) is 2.82. The summed E-state index contributed by atoms with van der Waals surface area (Å²) in [7, 11) is 0. The lowest BCUT2D eigenvalue weighted by Gasteiger charge is -2.14. The topological polar surface area (TPSA) is 105 Å². The van der Waals surface area contributed by atoms with Gasteiger partial charge in [-0.25, -0.2) is 0 Å². The van der Waals surface area contributed by atoms with E-state index in [9.17, 15) is 20.2 Å². The van der Waals surface area contributed by atoms with Crippen molar-refractivity contribution >= 4 is 40.3 Å². The van der Waals surface area contributed by atoms with Gasteiger partial charge in [0.25, 0.3) is 11.6 Å². The van der Waals surface area contributed by atoms with Crippen molar-refractivity contribution in [1.29, 1.82) is 5.26 Å². The maximum Gasteiger partial charge on any atom is 0.269 e. The van der Waals surface area contributed by atoms with Crippen LogP contribution in [0.4, 0.5) is 5.69 Å². The van der Waals surface area contributed by atoms with Crippen molar-refractivity contribution in [3.63, 3.8) is 0 Å². The van der Waals surface area contributed by atoms with E-state index in [1.165, 1.54) is 18.2 Å². The Morgan fingerprint density at radius 1 is 1.18 bits per heavy atom. The van der Waals surface area contributed by atoms with Gasteiger partial charge in [-0.05, 0) is 76.5 Å². The van der Waals surface area contributed by atoms with E-state index in [-0.39, 0.29) is 23.9 Å². The molecule has 0 fully saturated rings. The molecule has 3 rings (SSSR count). The Morgan fingerprint density at radius 2 is 1.88 bits per heavy atom. The zero-order valence-electron chi connectivity index (χ0n) is 17.7. The molecule has 0 saturated heterocycles. The molecular weight excluding hydrogens is 533 g/mol. The number of benzene rings is 3. The molecule has 1 atom stereocenters. The first kappa shape index (κ1) is 23.9. The summed E-state index contributed by atoms with van der Waals surface area (Å²) in [5, 5.41) is 23.1. The van der Waals surface area contributed by atoms with Gasteiger partial charge in [0.15, 0.2) is 0 Å². The summed E-state index contributed by atoms with van der Waals surface area (Å²) >= 11 is 2.12. The van der Waals surface area contributed by atoms with Crippen molar-refractivity contribution in [2.45, 2.75) is 19.6 Å². The Hall–Kier alpha value is -3.71. The molecule has 0 aliphatic heterocycles. The molecule has 0 unspecified atom stereocenters. The van der Waals surface area contributed by atoms with Crippen LogP contribution >= 0.6 is 22.6 Å². The van der Waals surface area contributed by atoms with E-state index in [2.05, 4.69) is 27.9 Å². The van der Waals surface area contributed by atoms with Crippen LogP contribution in [0.3, 0.4) is 0 Å². The third-order valence-electron chi connectivity index (χ3n) is 4.82. The molecule has 0 aliphatic rings. The van der Waals surface area contributed by atoms with E-state index in [1.807, 2.05) is 49.4 Å². The Balaban J connectivity index is 1.66. The number of carbonyl (C=O) groups excluding carboxylic acids is 1. The Labute approximate surface area is 205 Å². The van der Waals surface area contributed by atoms with Crippen molar-refractivity contribution in [2.24, 2.45) is 0 Å². The van der Waals surface area contributed by atoms with Crippen LogP contribution in [0.15, 0.2) is 78.4 Å². The molecule has 3 aromatic carbocycles. The van der Waals surface area contributed by atoms with Crippen molar-refractivity contribution in [1.82, 2.24) is 5.32 Å². The Morgan fingerprint density at radius 3 is 2.48 bits per heavy atom. The molecule has 1 amide bonds. The van der Waals surface area contributed by atoms with Gasteiger partial charge < -0.3 is 10.1 Å². The fraction of sp³-hybridized carbons (Fsp3) is 0.120. The zero-order valence-corrected chi connectivity index (χ0v) is 19.9. The standard InChI is InChI=1S/C25H20IN3O4/c1-17(20-5-3-2-4-6-20)28-25(30)21(15-27)13-19-9-12-24(23(26)14-19)33-16-18-7-10-22(11-8-18)29(31)32/h2-14,17H,16H2,1H3,(H,28,30)/b21-13-/t17-/m1/s1. The molecule has 0 bridgehead atoms. The summed E-state index contributed by atoms with van der Waals surface area (Å²) in [6, 6.07) is 22.8. The molecule has 3 aromatic rings. The van der Waals surface area contributed by atoms with Crippen molar-refractivity contribution in [2.75, 3.05) is 0 Å². The summed E-state index contributed by atoms with van der Waals surface area (Å²) in [6.45, 7) is 2.12. The second-order valence-corrected chi connectivity index (χ2v) is 8.34. The van der Waals surface area contributed by atoms with Gasteiger partial charge in [0.05, 0.1) is 14.5 Å². The van der Waals surface area contributed by atoms with Crippen LogP contribution in [-0.4, -0.2) is 10.8 Å². The van der Waals surface area contributed by atoms with Gasteiger partial charge >= 0.3 is 0 Å². The van der Waals surface area contributed by atoms with E-state index in [0.717, 1.165) is 14.7 Å². The van der Waals surface area contributed by atoms with E-state index in [1.54, 1.807) is 24.3 Å². The number of nitriles is 1. The number of amides is 1. The van der Waals surface area contributed by atoms with Crippen molar-refractivity contribution < 1.29 is 14.5 Å². The van der Waals surface area contributed by atoms with Gasteiger partial charge in [0.1, 0.15) is 24.0 Å². The van der Waals surface area contributed by atoms with Crippen LogP contribution in [0, 0.1) is 25.0 Å². The molecular formula is C25H20IN3O4. The maximum absolute atomic E-state index is 12.6. The number of nitro groups is 1. The minimum atomic E-state index is -0.447. The first-order chi connectivity index (χ1) is 15.9. The highest BCUT2D eigenvalue weighted by atomic mass is 127. The Kier molecular flexibility index (Phi) is 8.16. The lowest BCUT2D eigenvalue weighted by atomic mass is 10.1. The predicted molar refractivity (Wildman–Crippen MR) is 133 cm³/mol. The molecule has 0 heterocycles. The lowest BCUT2D eigenvalue weighted by Crippen LogP contribution is -2.27. The molecule has 33 heavy (non-hydrogen) atoms. The first-order valence-electron chi connectivity index (χ1n) is 10.0. The zero-order chi connectivity index (χ0) is 23.8. The minimum Gasteiger partial charge on any atom is -0.488 e. The summed E-state index contributed by atoms with van der Waals surface area (Å²) in [4.78, 5) is 22.9. The SMILES string of the molecule is C[C@@H](NC(=O)/C(C#N)=C\c1ccc(OCc2ccc([N+](=O)[O-])cc2)c(I)c1)c1ccccc1. The van der Waals surface area contributed by atoms with Crippen molar-refractivity contribution in [3.05, 3.63) is 109 Å². The highest BCUT2D eigenvalue weighted by Gasteiger charge is 2.14. The normalized spacial score (nSPS) is 11.8. The minimum absolute atomic E-state index is 0.00753. The van der Waals surface area contributed by atoms with Gasteiger partial charge in [0, 0.05) is 12.1 Å². The fourth-order valence-corrected chi connectivity index (χ4v) is 3.71. The van der Waals surface area contributed by atoms with E-state index in [4.69, 9.17) is 4.74 Å². The fourth-order valence-electron chi connectivity index (χ4n) is 3.01. The second kappa shape index (κ2) is 11.2. The molecule has 166 valence electrons. The van der Waals surface area contributed by atoms with Gasteiger partial charge in [0.2, 0.25) is 0 Å². The number of halogens is 1. The Bertz CT molecular complexity index is 1220. The molecule has 7 nitrogen and oxygen atoms in total. The quantitative estimate of drug-likeness (QED) is 0.129. The molecule has 0 saturated carbocycles. The van der Waals surface area contributed by atoms with E-state index >= 15 is 0 Å². The molecule has 8 heteroatoms. The maximum atomic E-state index is 12.6. The predicted octanol–water partition coefficient (Wildman–Crippen LogP) is 5.56. The summed E-state index contributed by atoms with van der Waals surface area (Å²) in [6.07, 6.45) is 1.54. The summed E-state index contributed by atoms with van der Waals surface area (Å²) in [5.41, 5.74) is 2.48. The monoisotopic (exact) mass is 553 g/mol. The second-order valence-electron chi connectivity index (χ2n) is 7.18. The number of hydrogen-bond acceptors (Lipinski definition) is 5. The highest BCUT2D eigenvalue weighted by molar-refractivity contribution is 14.1. The highest BCUT2D eigenvalue weighted by Crippen LogP contribution is 2.25. The number of ether oxygens (including phenoxy) is 1. The number of nitrogens with one attached hydrogen (secondary N) is 1. The van der Waals surface area contributed by atoms with Crippen molar-refractivity contribution in [3.8, 4) is 11.8 Å². The number of rotatable bonds is 8. The molecule has 1 N–H and O–H groups in total. The average molecular weight is 553 g/mol. The van der Waals surface area contributed by atoms with Crippen LogP contribution in [0.25, 0.3) is 6.08 Å². The van der Waals surface area contributed by atoms with Gasteiger partial charge in [-0.15, -0.1) is 0 Å². The van der Waals surface area contributed by atoms with Crippen LogP contribution in [0.5, 0.6) is 5.75 Å². The van der Waals surface area contributed by atoms with Crippen LogP contribution in [0.1, 0.15) is 29.7 Å². The third kappa shape index (κ3) is 6.63. The number of hydrogen-bond donors (Lipinski definition) is 1. The summed E-state index contributed by atoms with van der Waals surface area (Å²) < 4.78 is 6.62. The smallest absolute Gasteiger partial charge is 0.269 e. The third-order valence-corrected chi connectivity index (χ3v) is 5.66. The number of non-ortho nitro benzene ring substituents is 1. The molecule has 0 spiro atoms. The van der Waals surface area contributed by atoms with E-state index < -0.39 is 10.8 Å². The van der Waals surface area contributed by atoms with Crippen LogP contribution < -0.4 is 10.1 Å². The van der Waals surface area contributed by atoms with Crippen LogP contribution in [-0.2, 0) is 11.4 Å². The number of carbonyl (C=O) groups is 1. The molecule has 0 aliphatic carbocycles. The lowest BCUT2D eigenvalue weighted by molar-refractivity contribution is -0.384.